The number of anilines is 2. The van der Waals surface area contributed by atoms with Crippen LogP contribution < -0.4 is 10.6 Å². The van der Waals surface area contributed by atoms with Gasteiger partial charge in [0, 0.05) is 28.0 Å². The molecule has 0 aromatic heterocycles. The van der Waals surface area contributed by atoms with Gasteiger partial charge in [0.25, 0.3) is 5.91 Å². The Morgan fingerprint density at radius 2 is 1.70 bits per heavy atom. The first-order valence-electron chi connectivity index (χ1n) is 6.48. The Kier molecular flexibility index (Phi) is 4.64. The number of carbonyl (C=O) groups is 1. The van der Waals surface area contributed by atoms with Crippen LogP contribution in [0, 0.1) is 0 Å². The molecule has 0 spiro atoms. The fourth-order valence-electron chi connectivity index (χ4n) is 1.82. The van der Waals surface area contributed by atoms with Crippen molar-refractivity contribution in [3.63, 3.8) is 0 Å². The van der Waals surface area contributed by atoms with Crippen LogP contribution in [0.4, 0.5) is 11.4 Å². The normalized spacial score (nSPS) is 10.4. The summed E-state index contributed by atoms with van der Waals surface area (Å²) in [6.45, 7) is 4.16. The first-order chi connectivity index (χ1) is 9.54. The molecular formula is C16H17ClN2O. The summed E-state index contributed by atoms with van der Waals surface area (Å²) in [5.41, 5.74) is 2.33. The highest BCUT2D eigenvalue weighted by Gasteiger charge is 2.06. The van der Waals surface area contributed by atoms with Crippen LogP contribution in [0.1, 0.15) is 24.2 Å². The van der Waals surface area contributed by atoms with E-state index in [1.165, 1.54) is 0 Å². The van der Waals surface area contributed by atoms with Crippen molar-refractivity contribution in [1.82, 2.24) is 0 Å². The lowest BCUT2D eigenvalue weighted by molar-refractivity contribution is 0.102. The Morgan fingerprint density at radius 1 is 1.05 bits per heavy atom. The van der Waals surface area contributed by atoms with Crippen LogP contribution >= 0.6 is 11.6 Å². The summed E-state index contributed by atoms with van der Waals surface area (Å²) < 4.78 is 0. The molecule has 0 aliphatic rings. The number of hydrogen-bond donors (Lipinski definition) is 2. The first-order valence-corrected chi connectivity index (χ1v) is 6.86. The van der Waals surface area contributed by atoms with E-state index in [0.29, 0.717) is 16.6 Å². The summed E-state index contributed by atoms with van der Waals surface area (Å²) in [5.74, 6) is -0.169. The standard InChI is InChI=1S/C16H17ClN2O/c1-11(2)18-14-6-8-15(9-7-14)19-16(20)12-4-3-5-13(17)10-12/h3-11,18H,1-2H3,(H,19,20). The van der Waals surface area contributed by atoms with Gasteiger partial charge >= 0.3 is 0 Å². The number of rotatable bonds is 4. The van der Waals surface area contributed by atoms with Gasteiger partial charge in [-0.3, -0.25) is 4.79 Å². The molecule has 0 atom stereocenters. The molecule has 104 valence electrons. The van der Waals surface area contributed by atoms with Crippen molar-refractivity contribution in [2.45, 2.75) is 19.9 Å². The van der Waals surface area contributed by atoms with Crippen LogP contribution in [0.2, 0.25) is 5.02 Å². The third-order valence-electron chi connectivity index (χ3n) is 2.68. The van der Waals surface area contributed by atoms with E-state index in [1.54, 1.807) is 24.3 Å². The summed E-state index contributed by atoms with van der Waals surface area (Å²) in [6.07, 6.45) is 0. The summed E-state index contributed by atoms with van der Waals surface area (Å²) in [5, 5.41) is 6.68. The van der Waals surface area contributed by atoms with E-state index in [-0.39, 0.29) is 5.91 Å². The first kappa shape index (κ1) is 14.4. The van der Waals surface area contributed by atoms with E-state index in [2.05, 4.69) is 24.5 Å². The molecule has 4 heteroatoms. The van der Waals surface area contributed by atoms with Gasteiger partial charge in [-0.1, -0.05) is 17.7 Å². The van der Waals surface area contributed by atoms with Crippen LogP contribution in [-0.2, 0) is 0 Å². The quantitative estimate of drug-likeness (QED) is 0.875. The Balaban J connectivity index is 2.04. The maximum absolute atomic E-state index is 12.0. The minimum absolute atomic E-state index is 0.169. The third kappa shape index (κ3) is 4.00. The van der Waals surface area contributed by atoms with Gasteiger partial charge in [0.15, 0.2) is 0 Å². The number of amides is 1. The summed E-state index contributed by atoms with van der Waals surface area (Å²) in [7, 11) is 0. The SMILES string of the molecule is CC(C)Nc1ccc(NC(=O)c2cccc(Cl)c2)cc1. The second kappa shape index (κ2) is 6.44. The highest BCUT2D eigenvalue weighted by molar-refractivity contribution is 6.31. The highest BCUT2D eigenvalue weighted by Crippen LogP contribution is 2.16. The molecule has 3 nitrogen and oxygen atoms in total. The van der Waals surface area contributed by atoms with Crippen LogP contribution in [-0.4, -0.2) is 11.9 Å². The van der Waals surface area contributed by atoms with E-state index in [1.807, 2.05) is 24.3 Å². The molecule has 2 N–H and O–H groups in total. The van der Waals surface area contributed by atoms with Gasteiger partial charge in [-0.2, -0.15) is 0 Å². The molecule has 0 saturated carbocycles. The Hall–Kier alpha value is -2.00. The van der Waals surface area contributed by atoms with Crippen LogP contribution in [0.3, 0.4) is 0 Å². The van der Waals surface area contributed by atoms with Gasteiger partial charge in [-0.05, 0) is 56.3 Å². The molecule has 0 saturated heterocycles. The fourth-order valence-corrected chi connectivity index (χ4v) is 2.01. The monoisotopic (exact) mass is 288 g/mol. The highest BCUT2D eigenvalue weighted by atomic mass is 35.5. The average Bonchev–Trinajstić information content (AvgIpc) is 2.40. The molecule has 0 aliphatic heterocycles. The lowest BCUT2D eigenvalue weighted by atomic mass is 10.2. The topological polar surface area (TPSA) is 41.1 Å². The van der Waals surface area contributed by atoms with Crippen molar-refractivity contribution < 1.29 is 4.79 Å². The molecule has 0 bridgehead atoms. The molecule has 2 rings (SSSR count). The zero-order valence-corrected chi connectivity index (χ0v) is 12.2. The van der Waals surface area contributed by atoms with Gasteiger partial charge in [0.2, 0.25) is 0 Å². The van der Waals surface area contributed by atoms with Gasteiger partial charge in [-0.25, -0.2) is 0 Å². The van der Waals surface area contributed by atoms with E-state index >= 15 is 0 Å². The second-order valence-electron chi connectivity index (χ2n) is 4.84. The van der Waals surface area contributed by atoms with Gasteiger partial charge in [-0.15, -0.1) is 0 Å². The van der Waals surface area contributed by atoms with Crippen LogP contribution in [0.25, 0.3) is 0 Å². The maximum atomic E-state index is 12.0. The Bertz CT molecular complexity index is 594. The molecular weight excluding hydrogens is 272 g/mol. The van der Waals surface area contributed by atoms with Crippen molar-refractivity contribution in [2.75, 3.05) is 10.6 Å². The molecule has 0 unspecified atom stereocenters. The molecule has 0 heterocycles. The number of benzene rings is 2. The smallest absolute Gasteiger partial charge is 0.255 e. The second-order valence-corrected chi connectivity index (χ2v) is 5.28. The number of carbonyl (C=O) groups excluding carboxylic acids is 1. The predicted octanol–water partition coefficient (Wildman–Crippen LogP) is 4.41. The van der Waals surface area contributed by atoms with E-state index in [0.717, 1.165) is 11.4 Å². The molecule has 1 amide bonds. The van der Waals surface area contributed by atoms with Crippen molar-refractivity contribution in [1.29, 1.82) is 0 Å². The fraction of sp³-hybridized carbons (Fsp3) is 0.188. The van der Waals surface area contributed by atoms with Crippen molar-refractivity contribution in [3.05, 3.63) is 59.1 Å². The minimum atomic E-state index is -0.169. The summed E-state index contributed by atoms with van der Waals surface area (Å²) in [4.78, 5) is 12.0. The third-order valence-corrected chi connectivity index (χ3v) is 2.92. The maximum Gasteiger partial charge on any atom is 0.255 e. The Labute approximate surface area is 124 Å². The zero-order chi connectivity index (χ0) is 14.5. The van der Waals surface area contributed by atoms with Crippen LogP contribution in [0.15, 0.2) is 48.5 Å². The number of halogens is 1. The molecule has 2 aromatic carbocycles. The largest absolute Gasteiger partial charge is 0.383 e. The minimum Gasteiger partial charge on any atom is -0.383 e. The van der Waals surface area contributed by atoms with Crippen LogP contribution in [0.5, 0.6) is 0 Å². The van der Waals surface area contributed by atoms with Gasteiger partial charge in [0.1, 0.15) is 0 Å². The summed E-state index contributed by atoms with van der Waals surface area (Å²) in [6, 6.07) is 14.9. The van der Waals surface area contributed by atoms with Crippen molar-refractivity contribution in [2.24, 2.45) is 0 Å². The lowest BCUT2D eigenvalue weighted by Crippen LogP contribution is -2.12. The summed E-state index contributed by atoms with van der Waals surface area (Å²) >= 11 is 5.87. The van der Waals surface area contributed by atoms with E-state index in [9.17, 15) is 4.79 Å². The lowest BCUT2D eigenvalue weighted by Gasteiger charge is -2.11. The molecule has 0 fully saturated rings. The molecule has 0 radical (unpaired) electrons. The molecule has 0 aliphatic carbocycles. The Morgan fingerprint density at radius 3 is 2.30 bits per heavy atom. The van der Waals surface area contributed by atoms with Crippen molar-refractivity contribution >= 4 is 28.9 Å². The van der Waals surface area contributed by atoms with E-state index < -0.39 is 0 Å². The van der Waals surface area contributed by atoms with E-state index in [4.69, 9.17) is 11.6 Å². The number of nitrogens with one attached hydrogen (secondary N) is 2. The molecule has 20 heavy (non-hydrogen) atoms. The van der Waals surface area contributed by atoms with Gasteiger partial charge in [0.05, 0.1) is 0 Å². The van der Waals surface area contributed by atoms with Gasteiger partial charge < -0.3 is 10.6 Å². The predicted molar refractivity (Wildman–Crippen MR) is 84.6 cm³/mol. The number of hydrogen-bond acceptors (Lipinski definition) is 2. The average molecular weight is 289 g/mol. The molecule has 2 aromatic rings. The van der Waals surface area contributed by atoms with Crippen molar-refractivity contribution in [3.8, 4) is 0 Å². The zero-order valence-electron chi connectivity index (χ0n) is 11.5.